The molecule has 0 radical (unpaired) electrons. The summed E-state index contributed by atoms with van der Waals surface area (Å²) in [5.74, 6) is 1.04. The summed E-state index contributed by atoms with van der Waals surface area (Å²) < 4.78 is 5.67. The van der Waals surface area contributed by atoms with Crippen LogP contribution in [0.25, 0.3) is 0 Å². The second-order valence-corrected chi connectivity index (χ2v) is 3.98. The van der Waals surface area contributed by atoms with Gasteiger partial charge in [-0.3, -0.25) is 0 Å². The van der Waals surface area contributed by atoms with E-state index in [9.17, 15) is 0 Å². The molecular weight excluding hydrogens is 220 g/mol. The lowest BCUT2D eigenvalue weighted by molar-refractivity contribution is 0.431. The van der Waals surface area contributed by atoms with Crippen LogP contribution in [-0.4, -0.2) is 5.16 Å². The normalized spacial score (nSPS) is 18.8. The van der Waals surface area contributed by atoms with E-state index in [0.717, 1.165) is 10.2 Å². The summed E-state index contributed by atoms with van der Waals surface area (Å²) in [6, 6.07) is 0. The molecule has 0 aliphatic heterocycles. The molecule has 2 rings (SSSR count). The zero-order valence-electron chi connectivity index (χ0n) is 6.72. The molecule has 12 heavy (non-hydrogen) atoms. The van der Waals surface area contributed by atoms with Crippen molar-refractivity contribution in [2.45, 2.75) is 31.6 Å². The van der Waals surface area contributed by atoms with Crippen LogP contribution in [0.5, 0.6) is 0 Å². The van der Waals surface area contributed by atoms with Crippen LogP contribution in [0.2, 0.25) is 0 Å². The average molecular weight is 231 g/mol. The van der Waals surface area contributed by atoms with Crippen LogP contribution < -0.4 is 5.73 Å². The van der Waals surface area contributed by atoms with Gasteiger partial charge in [-0.15, -0.1) is 0 Å². The summed E-state index contributed by atoms with van der Waals surface area (Å²) in [7, 11) is 0. The van der Waals surface area contributed by atoms with Crippen molar-refractivity contribution in [3.8, 4) is 0 Å². The molecule has 2 N–H and O–H groups in total. The molecule has 1 aromatic rings. The highest BCUT2D eigenvalue weighted by molar-refractivity contribution is 9.10. The molecule has 1 fully saturated rings. The molecule has 0 aromatic carbocycles. The SMILES string of the molecule is Nc1onc(Br)c1C1CCCC1. The summed E-state index contributed by atoms with van der Waals surface area (Å²) in [4.78, 5) is 0. The van der Waals surface area contributed by atoms with E-state index in [-0.39, 0.29) is 0 Å². The largest absolute Gasteiger partial charge is 0.367 e. The third-order valence-corrected chi connectivity index (χ3v) is 3.05. The minimum atomic E-state index is 0.480. The van der Waals surface area contributed by atoms with Crippen molar-refractivity contribution in [3.63, 3.8) is 0 Å². The third-order valence-electron chi connectivity index (χ3n) is 2.48. The van der Waals surface area contributed by atoms with Crippen LogP contribution in [0, 0.1) is 0 Å². The minimum Gasteiger partial charge on any atom is -0.367 e. The van der Waals surface area contributed by atoms with Gasteiger partial charge in [-0.05, 0) is 34.7 Å². The Labute approximate surface area is 79.4 Å². The fourth-order valence-electron chi connectivity index (χ4n) is 1.87. The van der Waals surface area contributed by atoms with E-state index < -0.39 is 0 Å². The predicted molar refractivity (Wildman–Crippen MR) is 49.8 cm³/mol. The smallest absolute Gasteiger partial charge is 0.226 e. The first kappa shape index (κ1) is 8.10. The highest BCUT2D eigenvalue weighted by atomic mass is 79.9. The van der Waals surface area contributed by atoms with Gasteiger partial charge in [0, 0.05) is 0 Å². The Kier molecular flexibility index (Phi) is 2.09. The summed E-state index contributed by atoms with van der Waals surface area (Å²) in [6.07, 6.45) is 5.01. The zero-order chi connectivity index (χ0) is 8.55. The lowest BCUT2D eigenvalue weighted by Gasteiger charge is -2.05. The molecule has 1 aromatic heterocycles. The molecule has 1 aliphatic rings. The number of hydrogen-bond donors (Lipinski definition) is 1. The van der Waals surface area contributed by atoms with E-state index in [1.165, 1.54) is 25.7 Å². The van der Waals surface area contributed by atoms with Crippen LogP contribution in [0.15, 0.2) is 9.13 Å². The van der Waals surface area contributed by atoms with Gasteiger partial charge >= 0.3 is 0 Å². The first-order valence-electron chi connectivity index (χ1n) is 4.19. The molecule has 1 aliphatic carbocycles. The third kappa shape index (κ3) is 1.24. The Morgan fingerprint density at radius 1 is 1.42 bits per heavy atom. The topological polar surface area (TPSA) is 52.0 Å². The minimum absolute atomic E-state index is 0.480. The van der Waals surface area contributed by atoms with Crippen LogP contribution in [0.4, 0.5) is 5.88 Å². The molecule has 1 saturated carbocycles. The molecule has 4 heteroatoms. The number of anilines is 1. The van der Waals surface area contributed by atoms with Crippen LogP contribution in [-0.2, 0) is 0 Å². The lowest BCUT2D eigenvalue weighted by Crippen LogP contribution is -1.95. The standard InChI is InChI=1S/C8H11BrN2O/c9-7-6(8(10)12-11-7)5-3-1-2-4-5/h5H,1-4,10H2. The van der Waals surface area contributed by atoms with Crippen LogP contribution in [0.1, 0.15) is 37.2 Å². The predicted octanol–water partition coefficient (Wildman–Crippen LogP) is 2.68. The van der Waals surface area contributed by atoms with E-state index in [1.807, 2.05) is 0 Å². The number of aromatic nitrogens is 1. The molecule has 0 amide bonds. The summed E-state index contributed by atoms with van der Waals surface area (Å²) >= 11 is 3.34. The second kappa shape index (κ2) is 3.09. The average Bonchev–Trinajstić information content (AvgIpc) is 2.61. The van der Waals surface area contributed by atoms with Gasteiger partial charge in [0.15, 0.2) is 4.60 Å². The molecule has 66 valence electrons. The molecule has 0 spiro atoms. The van der Waals surface area contributed by atoms with E-state index in [2.05, 4.69) is 21.1 Å². The van der Waals surface area contributed by atoms with Gasteiger partial charge in [0.05, 0.1) is 5.56 Å². The van der Waals surface area contributed by atoms with Crippen molar-refractivity contribution in [3.05, 3.63) is 10.2 Å². The van der Waals surface area contributed by atoms with Gasteiger partial charge in [-0.25, -0.2) is 0 Å². The number of nitrogen functional groups attached to an aromatic ring is 1. The van der Waals surface area contributed by atoms with Gasteiger partial charge in [0.25, 0.3) is 0 Å². The monoisotopic (exact) mass is 230 g/mol. The maximum absolute atomic E-state index is 5.66. The zero-order valence-corrected chi connectivity index (χ0v) is 8.30. The van der Waals surface area contributed by atoms with Crippen molar-refractivity contribution in [2.24, 2.45) is 0 Å². The molecular formula is C8H11BrN2O. The second-order valence-electron chi connectivity index (χ2n) is 3.23. The van der Waals surface area contributed by atoms with Crippen LogP contribution >= 0.6 is 15.9 Å². The van der Waals surface area contributed by atoms with Crippen molar-refractivity contribution in [2.75, 3.05) is 5.73 Å². The summed E-state index contributed by atoms with van der Waals surface area (Å²) in [5.41, 5.74) is 6.74. The highest BCUT2D eigenvalue weighted by Gasteiger charge is 2.24. The molecule has 3 nitrogen and oxygen atoms in total. The van der Waals surface area contributed by atoms with E-state index in [1.54, 1.807) is 0 Å². The van der Waals surface area contributed by atoms with Crippen molar-refractivity contribution >= 4 is 21.8 Å². The molecule has 0 saturated heterocycles. The van der Waals surface area contributed by atoms with Crippen molar-refractivity contribution < 1.29 is 4.52 Å². The van der Waals surface area contributed by atoms with E-state index in [4.69, 9.17) is 10.3 Å². The van der Waals surface area contributed by atoms with Gasteiger partial charge < -0.3 is 10.3 Å². The highest BCUT2D eigenvalue weighted by Crippen LogP contribution is 2.40. The van der Waals surface area contributed by atoms with Gasteiger partial charge in [0.1, 0.15) is 0 Å². The summed E-state index contributed by atoms with van der Waals surface area (Å²) in [6.45, 7) is 0. The number of halogens is 1. The molecule has 0 atom stereocenters. The number of hydrogen-bond acceptors (Lipinski definition) is 3. The number of nitrogens with two attached hydrogens (primary N) is 1. The Bertz CT molecular complexity index is 259. The maximum atomic E-state index is 5.66. The summed E-state index contributed by atoms with van der Waals surface area (Å²) in [5, 5.41) is 3.78. The molecule has 0 unspecified atom stereocenters. The number of rotatable bonds is 1. The molecule has 0 bridgehead atoms. The van der Waals surface area contributed by atoms with E-state index in [0.29, 0.717) is 11.8 Å². The van der Waals surface area contributed by atoms with Gasteiger partial charge in [-0.2, -0.15) is 0 Å². The fourth-order valence-corrected chi connectivity index (χ4v) is 2.46. The quantitative estimate of drug-likeness (QED) is 0.808. The first-order chi connectivity index (χ1) is 5.79. The van der Waals surface area contributed by atoms with E-state index >= 15 is 0 Å². The van der Waals surface area contributed by atoms with Gasteiger partial charge in [-0.1, -0.05) is 18.0 Å². The Hall–Kier alpha value is -0.510. The van der Waals surface area contributed by atoms with Gasteiger partial charge in [0.2, 0.25) is 5.88 Å². The Morgan fingerprint density at radius 2 is 2.08 bits per heavy atom. The fraction of sp³-hybridized carbons (Fsp3) is 0.625. The lowest BCUT2D eigenvalue weighted by atomic mass is 10.0. The van der Waals surface area contributed by atoms with Crippen molar-refractivity contribution in [1.82, 2.24) is 5.16 Å². The maximum Gasteiger partial charge on any atom is 0.226 e. The number of nitrogens with zero attached hydrogens (tertiary/aromatic N) is 1. The Morgan fingerprint density at radius 3 is 2.58 bits per heavy atom. The first-order valence-corrected chi connectivity index (χ1v) is 4.99. The molecule has 1 heterocycles. The van der Waals surface area contributed by atoms with Crippen molar-refractivity contribution in [1.29, 1.82) is 0 Å². The Balaban J connectivity index is 2.30. The van der Waals surface area contributed by atoms with Crippen LogP contribution in [0.3, 0.4) is 0 Å².